The highest BCUT2D eigenvalue weighted by atomic mass is 32.1. The lowest BCUT2D eigenvalue weighted by Crippen LogP contribution is -2.07. The van der Waals surface area contributed by atoms with Crippen molar-refractivity contribution in [1.29, 1.82) is 0 Å². The highest BCUT2D eigenvalue weighted by Gasteiger charge is 1.99. The number of hydrogen-bond donors (Lipinski definition) is 1. The monoisotopic (exact) mass is 279 g/mol. The van der Waals surface area contributed by atoms with Gasteiger partial charge in [0.1, 0.15) is 0 Å². The number of benzene rings is 2. The Morgan fingerprint density at radius 1 is 1.05 bits per heavy atom. The van der Waals surface area contributed by atoms with Crippen molar-refractivity contribution in [3.63, 3.8) is 0 Å². The van der Waals surface area contributed by atoms with Gasteiger partial charge in [0, 0.05) is 11.8 Å². The molecular weight excluding hydrogens is 266 g/mol. The second-order valence-electron chi connectivity index (χ2n) is 4.44. The van der Waals surface area contributed by atoms with Crippen LogP contribution in [0.3, 0.4) is 0 Å². The van der Waals surface area contributed by atoms with Crippen LogP contribution in [0.2, 0.25) is 0 Å². The Balaban J connectivity index is 1.74. The lowest BCUT2D eigenvalue weighted by molar-refractivity contribution is -0.111. The third kappa shape index (κ3) is 2.95. The minimum atomic E-state index is -0.119. The molecule has 1 amide bonds. The molecule has 0 aliphatic rings. The molecule has 0 unspecified atom stereocenters. The van der Waals surface area contributed by atoms with Gasteiger partial charge in [0.05, 0.1) is 0 Å². The Morgan fingerprint density at radius 3 is 2.70 bits per heavy atom. The van der Waals surface area contributed by atoms with Crippen molar-refractivity contribution in [3.05, 3.63) is 70.9 Å². The van der Waals surface area contributed by atoms with Crippen molar-refractivity contribution in [2.75, 3.05) is 5.32 Å². The molecule has 20 heavy (non-hydrogen) atoms. The average molecular weight is 279 g/mol. The van der Waals surface area contributed by atoms with E-state index in [1.165, 1.54) is 5.39 Å². The van der Waals surface area contributed by atoms with E-state index in [1.807, 2.05) is 59.3 Å². The number of fused-ring (bicyclic) bond motifs is 1. The third-order valence-electron chi connectivity index (χ3n) is 2.99. The molecule has 3 aromatic rings. The summed E-state index contributed by atoms with van der Waals surface area (Å²) in [4.78, 5) is 11.8. The predicted molar refractivity (Wildman–Crippen MR) is 85.9 cm³/mol. The predicted octanol–water partition coefficient (Wildman–Crippen LogP) is 4.55. The number of hydrogen-bond acceptors (Lipinski definition) is 2. The minimum absolute atomic E-state index is 0.119. The van der Waals surface area contributed by atoms with Crippen LogP contribution in [-0.2, 0) is 4.79 Å². The molecule has 0 radical (unpaired) electrons. The average Bonchev–Trinajstić information content (AvgIpc) is 2.98. The lowest BCUT2D eigenvalue weighted by atomic mass is 10.1. The second-order valence-corrected chi connectivity index (χ2v) is 5.22. The van der Waals surface area contributed by atoms with E-state index >= 15 is 0 Å². The van der Waals surface area contributed by atoms with Crippen molar-refractivity contribution < 1.29 is 4.79 Å². The van der Waals surface area contributed by atoms with Crippen LogP contribution in [0.5, 0.6) is 0 Å². The van der Waals surface area contributed by atoms with Crippen LogP contribution < -0.4 is 5.32 Å². The van der Waals surface area contributed by atoms with Crippen LogP contribution >= 0.6 is 11.3 Å². The summed E-state index contributed by atoms with van der Waals surface area (Å²) in [5.74, 6) is -0.119. The summed E-state index contributed by atoms with van der Waals surface area (Å²) in [6.07, 6.45) is 3.37. The SMILES string of the molecule is O=C(/C=C/c1ccsc1)Nc1ccc2ccccc2c1. The Hall–Kier alpha value is -2.39. The first kappa shape index (κ1) is 12.6. The van der Waals surface area contributed by atoms with Crippen LogP contribution in [-0.4, -0.2) is 5.91 Å². The molecule has 3 heteroatoms. The topological polar surface area (TPSA) is 29.1 Å². The summed E-state index contributed by atoms with van der Waals surface area (Å²) >= 11 is 1.61. The van der Waals surface area contributed by atoms with Gasteiger partial charge in [0.2, 0.25) is 5.91 Å². The van der Waals surface area contributed by atoms with Gasteiger partial charge in [-0.05, 0) is 51.4 Å². The van der Waals surface area contributed by atoms with E-state index in [2.05, 4.69) is 11.4 Å². The molecule has 98 valence electrons. The normalized spacial score (nSPS) is 11.0. The summed E-state index contributed by atoms with van der Waals surface area (Å²) in [6.45, 7) is 0. The molecule has 0 spiro atoms. The van der Waals surface area contributed by atoms with Gasteiger partial charge < -0.3 is 5.32 Å². The van der Waals surface area contributed by atoms with E-state index in [0.717, 1.165) is 16.6 Å². The zero-order valence-corrected chi connectivity index (χ0v) is 11.6. The van der Waals surface area contributed by atoms with Crippen LogP contribution in [0.15, 0.2) is 65.4 Å². The maximum absolute atomic E-state index is 11.8. The Kier molecular flexibility index (Phi) is 3.61. The van der Waals surface area contributed by atoms with E-state index < -0.39 is 0 Å². The molecule has 1 heterocycles. The fraction of sp³-hybridized carbons (Fsp3) is 0. The molecule has 0 aliphatic carbocycles. The van der Waals surface area contributed by atoms with Gasteiger partial charge in [-0.2, -0.15) is 11.3 Å². The fourth-order valence-electron chi connectivity index (χ4n) is 1.99. The van der Waals surface area contributed by atoms with E-state index in [1.54, 1.807) is 17.4 Å². The van der Waals surface area contributed by atoms with Crippen molar-refractivity contribution in [1.82, 2.24) is 0 Å². The number of rotatable bonds is 3. The van der Waals surface area contributed by atoms with Crippen LogP contribution in [0.4, 0.5) is 5.69 Å². The maximum atomic E-state index is 11.8. The smallest absolute Gasteiger partial charge is 0.248 e. The molecule has 0 saturated heterocycles. The highest BCUT2D eigenvalue weighted by molar-refractivity contribution is 7.08. The van der Waals surface area contributed by atoms with Crippen LogP contribution in [0.1, 0.15) is 5.56 Å². The molecule has 0 aliphatic heterocycles. The van der Waals surface area contributed by atoms with Gasteiger partial charge in [-0.15, -0.1) is 0 Å². The largest absolute Gasteiger partial charge is 0.322 e. The van der Waals surface area contributed by atoms with Gasteiger partial charge in [0.15, 0.2) is 0 Å². The number of amides is 1. The Morgan fingerprint density at radius 2 is 1.90 bits per heavy atom. The van der Waals surface area contributed by atoms with Gasteiger partial charge in [-0.3, -0.25) is 4.79 Å². The van der Waals surface area contributed by atoms with Gasteiger partial charge >= 0.3 is 0 Å². The molecule has 0 bridgehead atoms. The summed E-state index contributed by atoms with van der Waals surface area (Å²) in [7, 11) is 0. The standard InChI is InChI=1S/C17H13NOS/c19-17(8-5-13-9-10-20-12-13)18-16-7-6-14-3-1-2-4-15(14)11-16/h1-12H,(H,18,19)/b8-5+. The molecule has 0 fully saturated rings. The first-order chi connectivity index (χ1) is 9.81. The first-order valence-electron chi connectivity index (χ1n) is 6.31. The van der Waals surface area contributed by atoms with Crippen molar-refractivity contribution >= 4 is 39.8 Å². The second kappa shape index (κ2) is 5.72. The van der Waals surface area contributed by atoms with Gasteiger partial charge in [-0.25, -0.2) is 0 Å². The first-order valence-corrected chi connectivity index (χ1v) is 7.26. The number of nitrogens with one attached hydrogen (secondary N) is 1. The molecule has 3 rings (SSSR count). The summed E-state index contributed by atoms with van der Waals surface area (Å²) < 4.78 is 0. The molecule has 2 aromatic carbocycles. The Labute approximate surface area is 121 Å². The molecule has 1 aromatic heterocycles. The molecule has 0 saturated carbocycles. The van der Waals surface area contributed by atoms with Crippen LogP contribution in [0, 0.1) is 0 Å². The number of carbonyl (C=O) groups excluding carboxylic acids is 1. The minimum Gasteiger partial charge on any atom is -0.322 e. The van der Waals surface area contributed by atoms with E-state index in [4.69, 9.17) is 0 Å². The fourth-order valence-corrected chi connectivity index (χ4v) is 2.62. The van der Waals surface area contributed by atoms with E-state index in [0.29, 0.717) is 0 Å². The van der Waals surface area contributed by atoms with Crippen LogP contribution in [0.25, 0.3) is 16.8 Å². The Bertz CT molecular complexity index is 760. The highest BCUT2D eigenvalue weighted by Crippen LogP contribution is 2.18. The zero-order chi connectivity index (χ0) is 13.8. The molecule has 1 N–H and O–H groups in total. The molecule has 0 atom stereocenters. The number of thiophene rings is 1. The quantitative estimate of drug-likeness (QED) is 0.700. The van der Waals surface area contributed by atoms with E-state index in [-0.39, 0.29) is 5.91 Å². The molecular formula is C17H13NOS. The number of carbonyl (C=O) groups is 1. The van der Waals surface area contributed by atoms with E-state index in [9.17, 15) is 4.79 Å². The summed E-state index contributed by atoms with van der Waals surface area (Å²) in [6, 6.07) is 16.0. The summed E-state index contributed by atoms with van der Waals surface area (Å²) in [5.41, 5.74) is 1.85. The van der Waals surface area contributed by atoms with Crippen molar-refractivity contribution in [3.8, 4) is 0 Å². The number of anilines is 1. The lowest BCUT2D eigenvalue weighted by Gasteiger charge is -2.04. The zero-order valence-electron chi connectivity index (χ0n) is 10.7. The van der Waals surface area contributed by atoms with Gasteiger partial charge in [0.25, 0.3) is 0 Å². The van der Waals surface area contributed by atoms with Gasteiger partial charge in [-0.1, -0.05) is 30.3 Å². The third-order valence-corrected chi connectivity index (χ3v) is 3.69. The van der Waals surface area contributed by atoms with Crippen molar-refractivity contribution in [2.45, 2.75) is 0 Å². The molecule has 2 nitrogen and oxygen atoms in total. The summed E-state index contributed by atoms with van der Waals surface area (Å²) in [5, 5.41) is 9.14. The maximum Gasteiger partial charge on any atom is 0.248 e. The van der Waals surface area contributed by atoms with Crippen molar-refractivity contribution in [2.24, 2.45) is 0 Å².